The number of nitrogens with zero attached hydrogens (tertiary/aromatic N) is 2. The Morgan fingerprint density at radius 3 is 2.09 bits per heavy atom. The van der Waals surface area contributed by atoms with Crippen LogP contribution in [-0.2, 0) is 32.6 Å². The number of unbranched alkanes of at least 4 members (excludes halogenated alkanes) is 1. The number of anilines is 1. The Morgan fingerprint density at radius 2 is 1.45 bits per heavy atom. The minimum Gasteiger partial charge on any atom is -0.354 e. The van der Waals surface area contributed by atoms with Crippen LogP contribution in [0.2, 0.25) is 0 Å². The second-order valence-electron chi connectivity index (χ2n) is 10.3. The van der Waals surface area contributed by atoms with Crippen LogP contribution < -0.4 is 9.62 Å². The third-order valence-corrected chi connectivity index (χ3v) is 9.40. The summed E-state index contributed by atoms with van der Waals surface area (Å²) < 4.78 is 44.6. The maximum Gasteiger partial charge on any atom is 0.264 e. The molecular formula is C34H35BrFN3O4S. The van der Waals surface area contributed by atoms with Crippen molar-refractivity contribution in [2.45, 2.75) is 43.7 Å². The number of benzene rings is 4. The van der Waals surface area contributed by atoms with Gasteiger partial charge in [0.1, 0.15) is 18.4 Å². The average Bonchev–Trinajstić information content (AvgIpc) is 3.03. The number of amides is 2. The fraction of sp³-hybridized carbons (Fsp3) is 0.235. The van der Waals surface area contributed by atoms with Crippen molar-refractivity contribution < 1.29 is 22.4 Å². The Balaban J connectivity index is 1.78. The van der Waals surface area contributed by atoms with E-state index >= 15 is 4.39 Å². The number of nitrogens with one attached hydrogen (secondary N) is 1. The number of sulfonamides is 1. The standard InChI is InChI=1S/C34H35BrFN3O4S/c1-2-3-22-37-34(41)32(23-26-12-6-4-7-13-26)38(24-27-18-20-28(35)21-19-27)33(40)25-39(31-17-11-10-16-30(31)36)44(42,43)29-14-8-5-9-15-29/h4-21,32H,2-3,22-25H2,1H3,(H,37,41)/t32-/m0/s1. The van der Waals surface area contributed by atoms with E-state index in [2.05, 4.69) is 21.2 Å². The summed E-state index contributed by atoms with van der Waals surface area (Å²) >= 11 is 3.43. The molecule has 0 aliphatic heterocycles. The lowest BCUT2D eigenvalue weighted by molar-refractivity contribution is -0.140. The van der Waals surface area contributed by atoms with Gasteiger partial charge in [-0.25, -0.2) is 12.8 Å². The summed E-state index contributed by atoms with van der Waals surface area (Å²) in [6, 6.07) is 28.7. The number of carbonyl (C=O) groups excluding carboxylic acids is 2. The third kappa shape index (κ3) is 8.54. The van der Waals surface area contributed by atoms with Gasteiger partial charge in [-0.2, -0.15) is 0 Å². The zero-order valence-electron chi connectivity index (χ0n) is 24.4. The first-order valence-electron chi connectivity index (χ1n) is 14.4. The van der Waals surface area contributed by atoms with Crippen LogP contribution in [0.4, 0.5) is 10.1 Å². The molecule has 0 bridgehead atoms. The first-order chi connectivity index (χ1) is 21.2. The molecule has 230 valence electrons. The van der Waals surface area contributed by atoms with Gasteiger partial charge in [-0.15, -0.1) is 0 Å². The van der Waals surface area contributed by atoms with Crippen molar-refractivity contribution in [2.75, 3.05) is 17.4 Å². The van der Waals surface area contributed by atoms with Crippen LogP contribution in [0.3, 0.4) is 0 Å². The molecule has 0 radical (unpaired) electrons. The summed E-state index contributed by atoms with van der Waals surface area (Å²) in [5.41, 5.74) is 1.31. The fourth-order valence-electron chi connectivity index (χ4n) is 4.73. The van der Waals surface area contributed by atoms with Crippen LogP contribution >= 0.6 is 15.9 Å². The molecule has 0 aliphatic carbocycles. The Hall–Kier alpha value is -4.02. The molecule has 0 fully saturated rings. The van der Waals surface area contributed by atoms with Gasteiger partial charge < -0.3 is 10.2 Å². The van der Waals surface area contributed by atoms with E-state index in [1.54, 1.807) is 18.2 Å². The second-order valence-corrected chi connectivity index (χ2v) is 13.1. The highest BCUT2D eigenvalue weighted by molar-refractivity contribution is 9.10. The predicted octanol–water partition coefficient (Wildman–Crippen LogP) is 6.34. The van der Waals surface area contributed by atoms with Crippen LogP contribution in [0.25, 0.3) is 0 Å². The molecule has 4 aromatic rings. The molecule has 0 saturated heterocycles. The van der Waals surface area contributed by atoms with E-state index < -0.39 is 34.3 Å². The summed E-state index contributed by atoms with van der Waals surface area (Å²) in [5.74, 6) is -1.80. The maximum atomic E-state index is 15.2. The van der Waals surface area contributed by atoms with Crippen molar-refractivity contribution in [2.24, 2.45) is 0 Å². The summed E-state index contributed by atoms with van der Waals surface area (Å²) in [7, 11) is -4.37. The zero-order valence-corrected chi connectivity index (χ0v) is 26.8. The Morgan fingerprint density at radius 1 is 0.841 bits per heavy atom. The van der Waals surface area contributed by atoms with Crippen LogP contribution in [0.1, 0.15) is 30.9 Å². The van der Waals surface area contributed by atoms with Gasteiger partial charge in [0.2, 0.25) is 11.8 Å². The highest BCUT2D eigenvalue weighted by Crippen LogP contribution is 2.27. The highest BCUT2D eigenvalue weighted by Gasteiger charge is 2.35. The van der Waals surface area contributed by atoms with E-state index in [0.717, 1.165) is 38.8 Å². The molecule has 1 atom stereocenters. The predicted molar refractivity (Wildman–Crippen MR) is 174 cm³/mol. The molecule has 0 saturated carbocycles. The second kappa shape index (κ2) is 15.6. The van der Waals surface area contributed by atoms with Gasteiger partial charge in [0, 0.05) is 24.0 Å². The molecule has 10 heteroatoms. The first-order valence-corrected chi connectivity index (χ1v) is 16.6. The van der Waals surface area contributed by atoms with Gasteiger partial charge in [-0.3, -0.25) is 13.9 Å². The topological polar surface area (TPSA) is 86.8 Å². The molecule has 0 spiro atoms. The molecule has 0 aromatic heterocycles. The average molecular weight is 681 g/mol. The van der Waals surface area contributed by atoms with Crippen molar-refractivity contribution in [3.63, 3.8) is 0 Å². The van der Waals surface area contributed by atoms with Gasteiger partial charge in [-0.1, -0.05) is 102 Å². The summed E-state index contributed by atoms with van der Waals surface area (Å²) in [6.45, 7) is 1.76. The third-order valence-electron chi connectivity index (χ3n) is 7.10. The molecule has 4 aromatic carbocycles. The van der Waals surface area contributed by atoms with E-state index in [0.29, 0.717) is 6.54 Å². The number of hydrogen-bond acceptors (Lipinski definition) is 4. The van der Waals surface area contributed by atoms with E-state index in [1.807, 2.05) is 61.5 Å². The van der Waals surface area contributed by atoms with Crippen LogP contribution in [-0.4, -0.2) is 44.3 Å². The Kier molecular flexibility index (Phi) is 11.7. The fourth-order valence-corrected chi connectivity index (χ4v) is 6.44. The summed E-state index contributed by atoms with van der Waals surface area (Å²) in [4.78, 5) is 29.4. The van der Waals surface area contributed by atoms with Gasteiger partial charge in [0.05, 0.1) is 10.6 Å². The molecule has 7 nitrogen and oxygen atoms in total. The van der Waals surface area contributed by atoms with Gasteiger partial charge in [0.25, 0.3) is 10.0 Å². The molecule has 1 N–H and O–H groups in total. The number of hydrogen-bond donors (Lipinski definition) is 1. The SMILES string of the molecule is CCCCNC(=O)[C@H](Cc1ccccc1)N(Cc1ccc(Br)cc1)C(=O)CN(c1ccccc1F)S(=O)(=O)c1ccccc1. The summed E-state index contributed by atoms with van der Waals surface area (Å²) in [5, 5.41) is 2.95. The van der Waals surface area contributed by atoms with Crippen LogP contribution in [0, 0.1) is 5.82 Å². The van der Waals surface area contributed by atoms with Gasteiger partial charge >= 0.3 is 0 Å². The molecule has 4 rings (SSSR count). The normalized spacial score (nSPS) is 11.9. The Bertz CT molecular complexity index is 1640. The number of rotatable bonds is 14. The van der Waals surface area contributed by atoms with Gasteiger partial charge in [0.15, 0.2) is 0 Å². The lowest BCUT2D eigenvalue weighted by Crippen LogP contribution is -2.53. The van der Waals surface area contributed by atoms with E-state index in [9.17, 15) is 18.0 Å². The molecule has 0 heterocycles. The first kappa shape index (κ1) is 32.9. The highest BCUT2D eigenvalue weighted by atomic mass is 79.9. The smallest absolute Gasteiger partial charge is 0.264 e. The molecule has 44 heavy (non-hydrogen) atoms. The number of carbonyl (C=O) groups is 2. The van der Waals surface area contributed by atoms with Crippen molar-refractivity contribution in [1.29, 1.82) is 0 Å². The molecule has 0 aliphatic rings. The Labute approximate surface area is 266 Å². The van der Waals surface area contributed by atoms with E-state index in [4.69, 9.17) is 0 Å². The van der Waals surface area contributed by atoms with Crippen LogP contribution in [0.5, 0.6) is 0 Å². The van der Waals surface area contributed by atoms with Crippen molar-refractivity contribution >= 4 is 43.5 Å². The quantitative estimate of drug-likeness (QED) is 0.158. The van der Waals surface area contributed by atoms with Gasteiger partial charge in [-0.05, 0) is 53.9 Å². The van der Waals surface area contributed by atoms with E-state index in [-0.39, 0.29) is 29.5 Å². The number of halogens is 2. The molecular weight excluding hydrogens is 645 g/mol. The molecule has 2 amide bonds. The minimum absolute atomic E-state index is 0.0291. The van der Waals surface area contributed by atoms with Crippen molar-refractivity contribution in [1.82, 2.24) is 10.2 Å². The van der Waals surface area contributed by atoms with Crippen molar-refractivity contribution in [3.05, 3.63) is 131 Å². The summed E-state index contributed by atoms with van der Waals surface area (Å²) in [6.07, 6.45) is 1.84. The van der Waals surface area contributed by atoms with Crippen LogP contribution in [0.15, 0.2) is 119 Å². The minimum atomic E-state index is -4.37. The number of para-hydroxylation sites is 1. The lowest BCUT2D eigenvalue weighted by Gasteiger charge is -2.34. The van der Waals surface area contributed by atoms with Crippen molar-refractivity contribution in [3.8, 4) is 0 Å². The maximum absolute atomic E-state index is 15.2. The zero-order chi connectivity index (χ0) is 31.5. The monoisotopic (exact) mass is 679 g/mol. The largest absolute Gasteiger partial charge is 0.354 e. The van der Waals surface area contributed by atoms with E-state index in [1.165, 1.54) is 35.2 Å². The molecule has 0 unspecified atom stereocenters. The lowest BCUT2D eigenvalue weighted by atomic mass is 10.0.